The zero-order valence-corrected chi connectivity index (χ0v) is 8.31. The van der Waals surface area contributed by atoms with E-state index >= 15 is 0 Å². The quantitative estimate of drug-likeness (QED) is 0.314. The van der Waals surface area contributed by atoms with Crippen LogP contribution in [0.15, 0.2) is 12.7 Å². The Hall–Kier alpha value is -0.123. The van der Waals surface area contributed by atoms with Crippen LogP contribution in [0.3, 0.4) is 0 Å². The Morgan fingerprint density at radius 1 is 1.56 bits per heavy atom. The summed E-state index contributed by atoms with van der Waals surface area (Å²) in [6, 6.07) is 0.920. The number of methoxy groups -OCH3 is 2. The van der Waals surface area contributed by atoms with Crippen LogP contribution in [-0.4, -0.2) is 30.2 Å². The van der Waals surface area contributed by atoms with E-state index in [1.54, 1.807) is 20.3 Å². The molecule has 0 bridgehead atoms. The molecule has 0 aliphatic heterocycles. The first-order valence-corrected chi connectivity index (χ1v) is 4.40. The fourth-order valence-corrected chi connectivity index (χ4v) is 1.55. The van der Waals surface area contributed by atoms with E-state index in [-0.39, 0.29) is 0 Å². The summed E-state index contributed by atoms with van der Waals surface area (Å²) in [6.45, 7) is 3.62. The van der Waals surface area contributed by atoms with Gasteiger partial charge >= 0.3 is 0 Å². The van der Waals surface area contributed by atoms with Crippen LogP contribution >= 0.6 is 0 Å². The molecule has 0 saturated carbocycles. The van der Waals surface area contributed by atoms with Crippen molar-refractivity contribution in [3.63, 3.8) is 0 Å². The summed E-state index contributed by atoms with van der Waals surface area (Å²) in [5, 5.41) is 0. The van der Waals surface area contributed by atoms with E-state index in [0.717, 1.165) is 16.3 Å². The average Bonchev–Trinajstić information content (AvgIpc) is 1.95. The van der Waals surface area contributed by atoms with Crippen molar-refractivity contribution >= 4 is 10.2 Å². The number of rotatable bonds is 4. The molecule has 9 heavy (non-hydrogen) atoms. The summed E-state index contributed by atoms with van der Waals surface area (Å²) in [5.41, 5.74) is 0. The van der Waals surface area contributed by atoms with Crippen LogP contribution in [0.4, 0.5) is 0 Å². The van der Waals surface area contributed by atoms with Gasteiger partial charge < -0.3 is 9.47 Å². The summed E-state index contributed by atoms with van der Waals surface area (Å²) in [4.78, 5) is 0. The number of ether oxygens (including phenoxy) is 2. The molecule has 0 aliphatic carbocycles. The van der Waals surface area contributed by atoms with E-state index in [1.165, 1.54) is 0 Å². The lowest BCUT2D eigenvalue weighted by atomic mass is 10.3. The number of hydrogen-bond donors (Lipinski definition) is 0. The van der Waals surface area contributed by atoms with Crippen molar-refractivity contribution in [1.82, 2.24) is 0 Å². The van der Waals surface area contributed by atoms with E-state index in [9.17, 15) is 0 Å². The molecule has 3 heteroatoms. The molecule has 0 aromatic heterocycles. The zero-order chi connectivity index (χ0) is 7.33. The summed E-state index contributed by atoms with van der Waals surface area (Å²) in [6.07, 6.45) is 1.69. The van der Waals surface area contributed by atoms with Gasteiger partial charge in [-0.1, -0.05) is 6.58 Å². The average molecular weight is 146 g/mol. The lowest BCUT2D eigenvalue weighted by Crippen LogP contribution is -2.29. The fraction of sp³-hybridized carbons (Fsp3) is 0.667. The van der Waals surface area contributed by atoms with Crippen LogP contribution in [0.2, 0.25) is 6.04 Å². The predicted molar refractivity (Wildman–Crippen MR) is 41.7 cm³/mol. The third kappa shape index (κ3) is 1.93. The van der Waals surface area contributed by atoms with Gasteiger partial charge in [-0.05, 0) is 12.1 Å². The maximum atomic E-state index is 5.08. The Kier molecular flexibility index (Phi) is 3.77. The molecule has 0 amide bonds. The van der Waals surface area contributed by atoms with Crippen LogP contribution in [-0.2, 0) is 9.47 Å². The maximum absolute atomic E-state index is 5.08. The highest BCUT2D eigenvalue weighted by Gasteiger charge is 2.21. The predicted octanol–water partition coefficient (Wildman–Crippen LogP) is -0.0548. The first-order valence-electron chi connectivity index (χ1n) is 2.98. The molecule has 54 valence electrons. The Morgan fingerprint density at radius 2 is 2.00 bits per heavy atom. The second-order valence-electron chi connectivity index (χ2n) is 1.78. The normalized spacial score (nSPS) is 11.8. The minimum atomic E-state index is -0.508. The summed E-state index contributed by atoms with van der Waals surface area (Å²) in [7, 11) is 4.31. The lowest BCUT2D eigenvalue weighted by molar-refractivity contribution is -0.154. The first kappa shape index (κ1) is 8.88. The van der Waals surface area contributed by atoms with Gasteiger partial charge in [0.25, 0.3) is 0 Å². The van der Waals surface area contributed by atoms with Gasteiger partial charge in [0.05, 0.1) is 0 Å². The second-order valence-corrected chi connectivity index (χ2v) is 2.48. The number of hydrogen-bond acceptors (Lipinski definition) is 2. The van der Waals surface area contributed by atoms with Crippen molar-refractivity contribution in [3.8, 4) is 0 Å². The Balaban J connectivity index is 3.98. The Bertz CT molecular complexity index is 80.8. The van der Waals surface area contributed by atoms with Crippen LogP contribution in [0.1, 0.15) is 0 Å². The maximum Gasteiger partial charge on any atom is 0.183 e. The van der Waals surface area contributed by atoms with Crippen molar-refractivity contribution < 1.29 is 9.47 Å². The highest BCUT2D eigenvalue weighted by molar-refractivity contribution is 6.09. The molecule has 0 radical (unpaired) electrons. The van der Waals surface area contributed by atoms with Crippen molar-refractivity contribution in [1.29, 1.82) is 0 Å². The summed E-state index contributed by atoms with van der Waals surface area (Å²) >= 11 is 0. The molecule has 0 aromatic carbocycles. The molecular formula is C6H14O2Si. The van der Waals surface area contributed by atoms with Crippen LogP contribution < -0.4 is 0 Å². The third-order valence-electron chi connectivity index (χ3n) is 1.49. The third-order valence-corrected chi connectivity index (χ3v) is 2.48. The van der Waals surface area contributed by atoms with Gasteiger partial charge in [-0.25, -0.2) is 0 Å². The van der Waals surface area contributed by atoms with Gasteiger partial charge in [0.2, 0.25) is 0 Å². The zero-order valence-electron chi connectivity index (χ0n) is 6.31. The van der Waals surface area contributed by atoms with Crippen LogP contribution in [0, 0.1) is 0 Å². The molecule has 0 N–H and O–H groups in total. The van der Waals surface area contributed by atoms with Crippen LogP contribution in [0.5, 0.6) is 0 Å². The van der Waals surface area contributed by atoms with E-state index in [2.05, 4.69) is 6.58 Å². The van der Waals surface area contributed by atoms with Gasteiger partial charge in [0.1, 0.15) is 0 Å². The van der Waals surface area contributed by atoms with Gasteiger partial charge in [-0.15, -0.1) is 0 Å². The summed E-state index contributed by atoms with van der Waals surface area (Å²) in [5.74, 6) is -0.508. The minimum Gasteiger partial charge on any atom is -0.350 e. The van der Waals surface area contributed by atoms with Gasteiger partial charge in [0, 0.05) is 24.5 Å². The topological polar surface area (TPSA) is 18.5 Å². The molecule has 0 aliphatic rings. The second kappa shape index (κ2) is 3.82. The molecule has 2 nitrogen and oxygen atoms in total. The molecule has 0 fully saturated rings. The highest BCUT2D eigenvalue weighted by atomic mass is 28.1. The SMILES string of the molecule is C=CC(C[SiH3])(OC)OC. The standard InChI is InChI=1S/C6H14O2Si/c1-4-6(5-9,7-2)8-3/h4H,1,5H2,2-3,9H3. The van der Waals surface area contributed by atoms with E-state index in [4.69, 9.17) is 9.47 Å². The molecule has 0 unspecified atom stereocenters. The van der Waals surface area contributed by atoms with E-state index < -0.39 is 5.79 Å². The molecule has 0 spiro atoms. The molecule has 0 heterocycles. The van der Waals surface area contributed by atoms with Crippen molar-refractivity contribution in [2.45, 2.75) is 11.8 Å². The van der Waals surface area contributed by atoms with Gasteiger partial charge in [-0.2, -0.15) is 0 Å². The summed E-state index contributed by atoms with van der Waals surface area (Å²) < 4.78 is 10.2. The largest absolute Gasteiger partial charge is 0.350 e. The minimum absolute atomic E-state index is 0.508. The van der Waals surface area contributed by atoms with Gasteiger partial charge in [0.15, 0.2) is 5.79 Å². The monoisotopic (exact) mass is 146 g/mol. The lowest BCUT2D eigenvalue weighted by Gasteiger charge is -2.25. The molecule has 0 rings (SSSR count). The molecule has 0 atom stereocenters. The Morgan fingerprint density at radius 3 is 2.00 bits per heavy atom. The molecular weight excluding hydrogens is 132 g/mol. The Labute approximate surface area is 59.3 Å². The van der Waals surface area contributed by atoms with Crippen molar-refractivity contribution in [2.75, 3.05) is 14.2 Å². The van der Waals surface area contributed by atoms with E-state index in [1.807, 2.05) is 0 Å². The van der Waals surface area contributed by atoms with Crippen LogP contribution in [0.25, 0.3) is 0 Å². The van der Waals surface area contributed by atoms with Gasteiger partial charge in [-0.3, -0.25) is 0 Å². The van der Waals surface area contributed by atoms with Crippen molar-refractivity contribution in [3.05, 3.63) is 12.7 Å². The van der Waals surface area contributed by atoms with E-state index in [0.29, 0.717) is 0 Å². The smallest absolute Gasteiger partial charge is 0.183 e. The highest BCUT2D eigenvalue weighted by Crippen LogP contribution is 2.15. The molecule has 0 aromatic rings. The first-order chi connectivity index (χ1) is 4.24. The fourth-order valence-electron chi connectivity index (χ4n) is 0.683. The molecule has 0 saturated heterocycles. The van der Waals surface area contributed by atoms with Crippen molar-refractivity contribution in [2.24, 2.45) is 0 Å².